The summed E-state index contributed by atoms with van der Waals surface area (Å²) in [6.07, 6.45) is 18.1. The average Bonchev–Trinajstić information content (AvgIpc) is 3.46. The van der Waals surface area contributed by atoms with Crippen LogP contribution in [0.3, 0.4) is 0 Å². The Balaban J connectivity index is 1.13. The average molecular weight is 739 g/mol. The van der Waals surface area contributed by atoms with Crippen LogP contribution in [0.1, 0.15) is 119 Å². The summed E-state index contributed by atoms with van der Waals surface area (Å²) in [7, 11) is -1.25. The van der Waals surface area contributed by atoms with Crippen LogP contribution in [0, 0.1) is 56.7 Å². The summed E-state index contributed by atoms with van der Waals surface area (Å²) in [5, 5.41) is 14.3. The van der Waals surface area contributed by atoms with Crippen molar-refractivity contribution in [2.24, 2.45) is 56.7 Å². The van der Waals surface area contributed by atoms with Gasteiger partial charge in [-0.3, -0.25) is 4.79 Å². The number of carboxylic acid groups (broad SMARTS) is 1. The molecular formula is C44H70N2O5S. The lowest BCUT2D eigenvalue weighted by molar-refractivity contribution is -0.221. The van der Waals surface area contributed by atoms with Gasteiger partial charge in [0.15, 0.2) is 9.84 Å². The highest BCUT2D eigenvalue weighted by Gasteiger charge is 2.70. The van der Waals surface area contributed by atoms with Gasteiger partial charge in [-0.05, 0) is 146 Å². The van der Waals surface area contributed by atoms with E-state index in [0.29, 0.717) is 67.0 Å². The number of allylic oxidation sites excluding steroid dienone is 5. The van der Waals surface area contributed by atoms with Crippen LogP contribution in [0.5, 0.6) is 0 Å². The molecule has 292 valence electrons. The number of carbonyl (C=O) groups is 1. The number of aliphatic carboxylic acids is 1. The van der Waals surface area contributed by atoms with Crippen LogP contribution < -0.4 is 5.32 Å². The molecule has 7 aliphatic rings. The van der Waals surface area contributed by atoms with Gasteiger partial charge < -0.3 is 20.1 Å². The summed E-state index contributed by atoms with van der Waals surface area (Å²) < 4.78 is 29.5. The highest BCUT2D eigenvalue weighted by atomic mass is 32.2. The lowest BCUT2D eigenvalue weighted by atomic mass is 9.33. The quantitative estimate of drug-likeness (QED) is 0.231. The Morgan fingerprint density at radius 3 is 2.31 bits per heavy atom. The van der Waals surface area contributed by atoms with Crippen molar-refractivity contribution in [3.8, 4) is 0 Å². The van der Waals surface area contributed by atoms with Crippen LogP contribution in [-0.4, -0.2) is 81.3 Å². The highest BCUT2D eigenvalue weighted by Crippen LogP contribution is 2.76. The largest absolute Gasteiger partial charge is 0.481 e. The maximum atomic E-state index is 12.3. The van der Waals surface area contributed by atoms with E-state index in [1.54, 1.807) is 7.11 Å². The molecule has 1 unspecified atom stereocenters. The molecule has 7 nitrogen and oxygen atoms in total. The zero-order valence-electron chi connectivity index (χ0n) is 33.6. The predicted octanol–water partition coefficient (Wildman–Crippen LogP) is 8.08. The molecule has 2 N–H and O–H groups in total. The topological polar surface area (TPSA) is 95.9 Å². The second-order valence-corrected chi connectivity index (χ2v) is 22.6. The van der Waals surface area contributed by atoms with E-state index in [9.17, 15) is 18.3 Å². The molecule has 8 heteroatoms. The number of nitrogens with zero attached hydrogens (tertiary/aromatic N) is 1. The van der Waals surface area contributed by atoms with Crippen molar-refractivity contribution < 1.29 is 23.1 Å². The third-order valence-corrected chi connectivity index (χ3v) is 19.4. The maximum Gasteiger partial charge on any atom is 0.312 e. The van der Waals surface area contributed by atoms with Crippen molar-refractivity contribution in [2.75, 3.05) is 51.4 Å². The van der Waals surface area contributed by atoms with Crippen LogP contribution in [0.15, 0.2) is 35.5 Å². The first kappa shape index (κ1) is 38.8. The van der Waals surface area contributed by atoms with E-state index in [1.165, 1.54) is 68.1 Å². The Kier molecular flexibility index (Phi) is 9.94. The summed E-state index contributed by atoms with van der Waals surface area (Å²) in [6.45, 7) is 23.5. The summed E-state index contributed by atoms with van der Waals surface area (Å²) in [5.74, 6) is 3.00. The SMILES string of the molecule is C=C(C)[C@@H]1CC[C@]2(NCCN3CCS(=O)(=O)CC3)CC[C@]3(C)[C@H](CC[C@@H]4[C@@]5(C)CC=C(C6=CCC(COC)(C(=O)O)CC6)C(C)(C)[C@@H]5CC[C@]43C)[C@@H]12. The molecule has 52 heavy (non-hydrogen) atoms. The summed E-state index contributed by atoms with van der Waals surface area (Å²) in [6, 6.07) is 0. The van der Waals surface area contributed by atoms with Gasteiger partial charge in [0.1, 0.15) is 0 Å². The molecule has 0 amide bonds. The molecule has 7 rings (SSSR count). The van der Waals surface area contributed by atoms with E-state index in [1.807, 2.05) is 0 Å². The first-order valence-electron chi connectivity index (χ1n) is 20.8. The molecule has 1 aliphatic heterocycles. The number of sulfone groups is 1. The van der Waals surface area contributed by atoms with Crippen LogP contribution >= 0.6 is 0 Å². The molecule has 6 aliphatic carbocycles. The molecule has 0 radical (unpaired) electrons. The molecule has 1 heterocycles. The van der Waals surface area contributed by atoms with Crippen molar-refractivity contribution in [3.05, 3.63) is 35.5 Å². The van der Waals surface area contributed by atoms with Crippen LogP contribution in [0.2, 0.25) is 0 Å². The number of rotatable bonds is 9. The maximum absolute atomic E-state index is 12.3. The zero-order chi connectivity index (χ0) is 37.5. The number of fused-ring (bicyclic) bond motifs is 7. The minimum Gasteiger partial charge on any atom is -0.481 e. The van der Waals surface area contributed by atoms with E-state index in [4.69, 9.17) is 4.74 Å². The molecule has 4 saturated carbocycles. The van der Waals surface area contributed by atoms with Crippen molar-refractivity contribution >= 4 is 15.8 Å². The molecule has 0 aromatic carbocycles. The molecule has 0 aromatic rings. The first-order chi connectivity index (χ1) is 24.4. The Morgan fingerprint density at radius 1 is 0.942 bits per heavy atom. The van der Waals surface area contributed by atoms with Gasteiger partial charge in [-0.2, -0.15) is 0 Å². The van der Waals surface area contributed by atoms with Crippen molar-refractivity contribution in [1.82, 2.24) is 10.2 Å². The van der Waals surface area contributed by atoms with E-state index < -0.39 is 21.2 Å². The predicted molar refractivity (Wildman–Crippen MR) is 210 cm³/mol. The zero-order valence-corrected chi connectivity index (χ0v) is 34.4. The Labute approximate surface area is 315 Å². The number of nitrogens with one attached hydrogen (secondary N) is 1. The van der Waals surface area contributed by atoms with Crippen LogP contribution in [0.4, 0.5) is 0 Å². The molecule has 5 fully saturated rings. The minimum atomic E-state index is -2.86. The molecule has 0 aromatic heterocycles. The first-order valence-corrected chi connectivity index (χ1v) is 22.7. The molecular weight excluding hydrogens is 669 g/mol. The number of hydrogen-bond acceptors (Lipinski definition) is 6. The number of ether oxygens (including phenoxy) is 1. The number of methoxy groups -OCH3 is 1. The fraction of sp³-hybridized carbons (Fsp3) is 0.841. The highest BCUT2D eigenvalue weighted by molar-refractivity contribution is 7.91. The lowest BCUT2D eigenvalue weighted by Crippen LogP contribution is -2.68. The Morgan fingerprint density at radius 2 is 1.67 bits per heavy atom. The normalized spacial score (nSPS) is 45.4. The number of hydrogen-bond donors (Lipinski definition) is 2. The summed E-state index contributed by atoms with van der Waals surface area (Å²) >= 11 is 0. The minimum absolute atomic E-state index is 0.0447. The smallest absolute Gasteiger partial charge is 0.312 e. The van der Waals surface area contributed by atoms with E-state index in [2.05, 4.69) is 70.5 Å². The molecule has 0 spiro atoms. The van der Waals surface area contributed by atoms with Crippen LogP contribution in [-0.2, 0) is 19.4 Å². The van der Waals surface area contributed by atoms with E-state index in [-0.39, 0.29) is 33.8 Å². The van der Waals surface area contributed by atoms with Crippen LogP contribution in [0.25, 0.3) is 0 Å². The second kappa shape index (κ2) is 13.3. The third kappa shape index (κ3) is 5.88. The Bertz CT molecular complexity index is 1600. The molecule has 0 bridgehead atoms. The summed E-state index contributed by atoms with van der Waals surface area (Å²) in [5.41, 5.74) is 4.44. The summed E-state index contributed by atoms with van der Waals surface area (Å²) in [4.78, 5) is 14.7. The second-order valence-electron chi connectivity index (χ2n) is 20.3. The van der Waals surface area contributed by atoms with Gasteiger partial charge in [0.2, 0.25) is 0 Å². The van der Waals surface area contributed by atoms with E-state index in [0.717, 1.165) is 25.9 Å². The third-order valence-electron chi connectivity index (χ3n) is 17.8. The fourth-order valence-electron chi connectivity index (χ4n) is 14.8. The van der Waals surface area contributed by atoms with Gasteiger partial charge >= 0.3 is 5.97 Å². The monoisotopic (exact) mass is 739 g/mol. The van der Waals surface area contributed by atoms with Gasteiger partial charge in [-0.1, -0.05) is 58.9 Å². The molecule has 1 saturated heterocycles. The standard InChI is InChI=1S/C44H70N2O5S/c1-30(2)32-13-20-44(45-23-24-46-25-27-52(49,50)28-26-46)22-21-41(6)34(37(32)44)9-10-36-40(5)16-14-33(39(3,4)35(40)15-17-42(36,41)7)31-11-18-43(19-12-31,29-51-8)38(47)48/h11,14,32,34-37,45H,1,9-10,12-13,15-29H2,2-8H3,(H,47,48)/t32-,34+,35-,36+,37+,40-,41+,42+,43?,44-/m0/s1. The van der Waals surface area contributed by atoms with Gasteiger partial charge in [-0.25, -0.2) is 8.42 Å². The molecule has 10 atom stereocenters. The van der Waals surface area contributed by atoms with Gasteiger partial charge in [0.25, 0.3) is 0 Å². The fourth-order valence-corrected chi connectivity index (χ4v) is 16.1. The number of carboxylic acids is 1. The van der Waals surface area contributed by atoms with Gasteiger partial charge in [0, 0.05) is 38.8 Å². The van der Waals surface area contributed by atoms with Crippen molar-refractivity contribution in [1.29, 1.82) is 0 Å². The van der Waals surface area contributed by atoms with E-state index >= 15 is 0 Å². The van der Waals surface area contributed by atoms with Crippen molar-refractivity contribution in [2.45, 2.75) is 124 Å². The Hall–Kier alpha value is -1.48. The van der Waals surface area contributed by atoms with Crippen molar-refractivity contribution in [3.63, 3.8) is 0 Å². The lowest BCUT2D eigenvalue weighted by Gasteiger charge is -2.72. The van der Waals surface area contributed by atoms with Gasteiger partial charge in [-0.15, -0.1) is 0 Å². The van der Waals surface area contributed by atoms with Gasteiger partial charge in [0.05, 0.1) is 23.5 Å².